The molecule has 0 saturated carbocycles. The fourth-order valence-corrected chi connectivity index (χ4v) is 2.63. The molecule has 3 amide bonds. The van der Waals surface area contributed by atoms with Crippen LogP contribution in [-0.4, -0.2) is 22.5 Å². The maximum absolute atomic E-state index is 12.2. The number of hydrogen-bond acceptors (Lipinski definition) is 4. The van der Waals surface area contributed by atoms with Crippen LogP contribution in [0, 0.1) is 0 Å². The number of anilines is 1. The van der Waals surface area contributed by atoms with Crippen molar-refractivity contribution in [2.45, 2.75) is 45.3 Å². The first kappa shape index (κ1) is 23.4. The minimum Gasteiger partial charge on any atom is -0.350 e. The van der Waals surface area contributed by atoms with Crippen molar-refractivity contribution >= 4 is 30.0 Å². The summed E-state index contributed by atoms with van der Waals surface area (Å²) in [6.45, 7) is 4.49. The van der Waals surface area contributed by atoms with Crippen LogP contribution in [0.3, 0.4) is 0 Å². The van der Waals surface area contributed by atoms with Crippen molar-refractivity contribution in [3.05, 3.63) is 59.9 Å². The third kappa shape index (κ3) is 7.54. The van der Waals surface area contributed by atoms with E-state index in [1.165, 1.54) is 0 Å². The number of hydrogen-bond donors (Lipinski definition) is 4. The van der Waals surface area contributed by atoms with Crippen molar-refractivity contribution < 1.29 is 9.59 Å². The molecule has 0 bridgehead atoms. The average Bonchev–Trinajstić information content (AvgIpc) is 2.65. The molecule has 2 rings (SSSR count). The van der Waals surface area contributed by atoms with Crippen LogP contribution in [0.25, 0.3) is 0 Å². The number of carbonyl (C=O) groups excluding carboxylic acids is 2. The molecule has 1 heterocycles. The Labute approximate surface area is 171 Å². The van der Waals surface area contributed by atoms with Crippen LogP contribution in [0.4, 0.5) is 10.5 Å². The standard InChI is InChI=1S/C20H27N5O2.ClH/c1-3-9-20(2,21)18(26)23-14-16-5-4-6-17(12-16)25-19(27)24-13-15-7-10-22-11-8-15;/h4-8,10-12H,3,9,13-14,21H2,1-2H3,(H,23,26)(H2,24,25,27);1H. The number of carbonyl (C=O) groups is 2. The first-order chi connectivity index (χ1) is 12.9. The molecular weight excluding hydrogens is 378 g/mol. The molecular formula is C20H28ClN5O2. The molecule has 7 nitrogen and oxygen atoms in total. The van der Waals surface area contributed by atoms with Gasteiger partial charge in [0.1, 0.15) is 0 Å². The van der Waals surface area contributed by atoms with E-state index in [-0.39, 0.29) is 24.3 Å². The van der Waals surface area contributed by atoms with E-state index >= 15 is 0 Å². The van der Waals surface area contributed by atoms with Gasteiger partial charge in [-0.25, -0.2) is 4.79 Å². The molecule has 28 heavy (non-hydrogen) atoms. The lowest BCUT2D eigenvalue weighted by Gasteiger charge is -2.22. The van der Waals surface area contributed by atoms with Gasteiger partial charge in [0.15, 0.2) is 0 Å². The third-order valence-electron chi connectivity index (χ3n) is 4.13. The summed E-state index contributed by atoms with van der Waals surface area (Å²) in [5.41, 5.74) is 7.65. The highest BCUT2D eigenvalue weighted by Crippen LogP contribution is 2.12. The van der Waals surface area contributed by atoms with Crippen LogP contribution in [-0.2, 0) is 17.9 Å². The van der Waals surface area contributed by atoms with Crippen molar-refractivity contribution in [3.63, 3.8) is 0 Å². The van der Waals surface area contributed by atoms with E-state index in [9.17, 15) is 9.59 Å². The van der Waals surface area contributed by atoms with Crippen molar-refractivity contribution in [1.29, 1.82) is 0 Å². The molecule has 8 heteroatoms. The number of nitrogens with zero attached hydrogens (tertiary/aromatic N) is 1. The van der Waals surface area contributed by atoms with E-state index in [1.54, 1.807) is 25.4 Å². The molecule has 0 aliphatic rings. The Kier molecular flexibility index (Phi) is 9.41. The summed E-state index contributed by atoms with van der Waals surface area (Å²) in [4.78, 5) is 28.2. The number of halogens is 1. The first-order valence-electron chi connectivity index (χ1n) is 9.00. The van der Waals surface area contributed by atoms with Crippen LogP contribution >= 0.6 is 12.4 Å². The lowest BCUT2D eigenvalue weighted by molar-refractivity contribution is -0.126. The molecule has 1 atom stereocenters. The molecule has 152 valence electrons. The van der Waals surface area contributed by atoms with Gasteiger partial charge < -0.3 is 21.7 Å². The van der Waals surface area contributed by atoms with E-state index in [0.717, 1.165) is 17.5 Å². The van der Waals surface area contributed by atoms with Gasteiger partial charge in [0.05, 0.1) is 5.54 Å². The van der Waals surface area contributed by atoms with E-state index in [1.807, 2.05) is 37.3 Å². The number of nitrogens with two attached hydrogens (primary N) is 1. The number of urea groups is 1. The Morgan fingerprint density at radius 2 is 1.75 bits per heavy atom. The predicted octanol–water partition coefficient (Wildman–Crippen LogP) is 2.96. The topological polar surface area (TPSA) is 109 Å². The maximum atomic E-state index is 12.2. The largest absolute Gasteiger partial charge is 0.350 e. The Bertz CT molecular complexity index is 768. The Morgan fingerprint density at radius 3 is 2.43 bits per heavy atom. The molecule has 0 saturated heterocycles. The van der Waals surface area contributed by atoms with E-state index in [0.29, 0.717) is 25.2 Å². The number of aromatic nitrogens is 1. The van der Waals surface area contributed by atoms with E-state index in [4.69, 9.17) is 5.73 Å². The monoisotopic (exact) mass is 405 g/mol. The van der Waals surface area contributed by atoms with Crippen LogP contribution in [0.5, 0.6) is 0 Å². The van der Waals surface area contributed by atoms with Crippen LogP contribution in [0.1, 0.15) is 37.8 Å². The Hall–Kier alpha value is -2.64. The second-order valence-corrected chi connectivity index (χ2v) is 6.71. The van der Waals surface area contributed by atoms with Gasteiger partial charge in [-0.2, -0.15) is 0 Å². The van der Waals surface area contributed by atoms with Crippen LogP contribution < -0.4 is 21.7 Å². The van der Waals surface area contributed by atoms with Crippen molar-refractivity contribution in [3.8, 4) is 0 Å². The van der Waals surface area contributed by atoms with Crippen molar-refractivity contribution in [2.24, 2.45) is 5.73 Å². The van der Waals surface area contributed by atoms with Gasteiger partial charge >= 0.3 is 6.03 Å². The second-order valence-electron chi connectivity index (χ2n) is 6.71. The average molecular weight is 406 g/mol. The minimum atomic E-state index is -0.878. The second kappa shape index (κ2) is 11.3. The van der Waals surface area contributed by atoms with E-state index in [2.05, 4.69) is 20.9 Å². The van der Waals surface area contributed by atoms with Gasteiger partial charge in [-0.05, 0) is 48.7 Å². The summed E-state index contributed by atoms with van der Waals surface area (Å²) in [5, 5.41) is 8.43. The number of nitrogens with one attached hydrogen (secondary N) is 3. The van der Waals surface area contributed by atoms with Gasteiger partial charge in [0.2, 0.25) is 5.91 Å². The molecule has 1 unspecified atom stereocenters. The highest BCUT2D eigenvalue weighted by molar-refractivity contribution is 5.89. The predicted molar refractivity (Wildman–Crippen MR) is 113 cm³/mol. The zero-order chi connectivity index (χ0) is 19.7. The Balaban J connectivity index is 0.00000392. The number of amides is 3. The summed E-state index contributed by atoms with van der Waals surface area (Å²) in [5.74, 6) is -0.183. The van der Waals surface area contributed by atoms with Gasteiger partial charge in [0, 0.05) is 31.2 Å². The molecule has 0 spiro atoms. The minimum absolute atomic E-state index is 0. The van der Waals surface area contributed by atoms with Gasteiger partial charge in [-0.15, -0.1) is 12.4 Å². The molecule has 1 aromatic carbocycles. The zero-order valence-electron chi connectivity index (χ0n) is 16.2. The van der Waals surface area contributed by atoms with Crippen molar-refractivity contribution in [2.75, 3.05) is 5.32 Å². The van der Waals surface area contributed by atoms with E-state index < -0.39 is 5.54 Å². The lowest BCUT2D eigenvalue weighted by Crippen LogP contribution is -2.51. The fraction of sp³-hybridized carbons (Fsp3) is 0.350. The molecule has 0 radical (unpaired) electrons. The summed E-state index contributed by atoms with van der Waals surface area (Å²) in [7, 11) is 0. The highest BCUT2D eigenvalue weighted by Gasteiger charge is 2.26. The molecule has 1 aromatic heterocycles. The lowest BCUT2D eigenvalue weighted by atomic mass is 9.96. The van der Waals surface area contributed by atoms with Crippen molar-refractivity contribution in [1.82, 2.24) is 15.6 Å². The summed E-state index contributed by atoms with van der Waals surface area (Å²) in [6.07, 6.45) is 4.82. The van der Waals surface area contributed by atoms with Gasteiger partial charge in [-0.1, -0.05) is 25.5 Å². The maximum Gasteiger partial charge on any atom is 0.319 e. The molecule has 0 fully saturated rings. The molecule has 0 aliphatic carbocycles. The fourth-order valence-electron chi connectivity index (χ4n) is 2.63. The SMILES string of the molecule is CCCC(C)(N)C(=O)NCc1cccc(NC(=O)NCc2ccncc2)c1.Cl. The smallest absolute Gasteiger partial charge is 0.319 e. The number of rotatable bonds is 8. The van der Waals surface area contributed by atoms with Crippen LogP contribution in [0.15, 0.2) is 48.8 Å². The number of benzene rings is 1. The highest BCUT2D eigenvalue weighted by atomic mass is 35.5. The Morgan fingerprint density at radius 1 is 1.07 bits per heavy atom. The molecule has 5 N–H and O–H groups in total. The first-order valence-corrected chi connectivity index (χ1v) is 9.00. The summed E-state index contributed by atoms with van der Waals surface area (Å²) in [6, 6.07) is 10.7. The van der Waals surface area contributed by atoms with Crippen LogP contribution in [0.2, 0.25) is 0 Å². The van der Waals surface area contributed by atoms with Gasteiger partial charge in [-0.3, -0.25) is 9.78 Å². The number of pyridine rings is 1. The van der Waals surface area contributed by atoms with Gasteiger partial charge in [0.25, 0.3) is 0 Å². The molecule has 0 aliphatic heterocycles. The summed E-state index contributed by atoms with van der Waals surface area (Å²) >= 11 is 0. The quantitative estimate of drug-likeness (QED) is 0.541. The third-order valence-corrected chi connectivity index (χ3v) is 4.13. The molecule has 2 aromatic rings. The summed E-state index contributed by atoms with van der Waals surface area (Å²) < 4.78 is 0. The zero-order valence-corrected chi connectivity index (χ0v) is 17.0. The normalized spacial score (nSPS) is 12.2.